The van der Waals surface area contributed by atoms with Crippen molar-refractivity contribution in [2.75, 3.05) is 11.4 Å². The van der Waals surface area contributed by atoms with Crippen molar-refractivity contribution in [3.8, 4) is 0 Å². The van der Waals surface area contributed by atoms with Crippen LogP contribution in [0.4, 0.5) is 10.5 Å². The Bertz CT molecular complexity index is 850. The number of piperidine rings is 1. The number of benzene rings is 1. The lowest BCUT2D eigenvalue weighted by molar-refractivity contribution is -0.120. The second-order valence-corrected chi connectivity index (χ2v) is 7.23. The standard InChI is InChI=1S/C18H16BrN3O4/c19-11-3-5-13(6-4-11)22-17(24)14-10-12(7-8-21(14)18(22)25)20-16(23)15-2-1-9-26-15/h1-6,9,12,14H,7-8,10H2,(H,20,23)/t12-,14-/m0/s1. The average molecular weight is 418 g/mol. The fourth-order valence-electron chi connectivity index (χ4n) is 3.42. The summed E-state index contributed by atoms with van der Waals surface area (Å²) in [6.45, 7) is 0.422. The number of fused-ring (bicyclic) bond motifs is 1. The number of imide groups is 1. The Morgan fingerprint density at radius 3 is 2.65 bits per heavy atom. The number of nitrogens with zero attached hydrogens (tertiary/aromatic N) is 2. The van der Waals surface area contributed by atoms with E-state index in [1.807, 2.05) is 0 Å². The molecule has 2 fully saturated rings. The second-order valence-electron chi connectivity index (χ2n) is 6.31. The lowest BCUT2D eigenvalue weighted by Crippen LogP contribution is -2.49. The highest BCUT2D eigenvalue weighted by Gasteiger charge is 2.48. The van der Waals surface area contributed by atoms with E-state index in [1.54, 1.807) is 41.3 Å². The van der Waals surface area contributed by atoms with Gasteiger partial charge in [-0.05, 0) is 49.2 Å². The predicted octanol–water partition coefficient (Wildman–Crippen LogP) is 2.77. The summed E-state index contributed by atoms with van der Waals surface area (Å²) in [5.41, 5.74) is 0.550. The molecular weight excluding hydrogens is 402 g/mol. The van der Waals surface area contributed by atoms with Gasteiger partial charge in [0.15, 0.2) is 5.76 Å². The minimum Gasteiger partial charge on any atom is -0.459 e. The van der Waals surface area contributed by atoms with E-state index < -0.39 is 6.04 Å². The van der Waals surface area contributed by atoms with E-state index in [9.17, 15) is 14.4 Å². The molecule has 134 valence electrons. The molecular formula is C18H16BrN3O4. The molecule has 0 radical (unpaired) electrons. The van der Waals surface area contributed by atoms with E-state index in [0.717, 1.165) is 4.47 Å². The quantitative estimate of drug-likeness (QED) is 0.778. The van der Waals surface area contributed by atoms with Crippen LogP contribution in [0.5, 0.6) is 0 Å². The third-order valence-electron chi connectivity index (χ3n) is 4.71. The van der Waals surface area contributed by atoms with Crippen LogP contribution < -0.4 is 10.2 Å². The SMILES string of the molecule is O=C(N[C@H]1CCN2C(=O)N(c3ccc(Br)cc3)C(=O)[C@@H]2C1)c1ccco1. The topological polar surface area (TPSA) is 82.9 Å². The number of nitrogens with one attached hydrogen (secondary N) is 1. The third-order valence-corrected chi connectivity index (χ3v) is 5.24. The number of carbonyl (C=O) groups excluding carboxylic acids is 3. The van der Waals surface area contributed by atoms with Gasteiger partial charge in [0, 0.05) is 17.1 Å². The van der Waals surface area contributed by atoms with E-state index >= 15 is 0 Å². The maximum atomic E-state index is 12.8. The molecule has 0 aliphatic carbocycles. The number of rotatable bonds is 3. The molecule has 1 aromatic heterocycles. The lowest BCUT2D eigenvalue weighted by atomic mass is 9.98. The van der Waals surface area contributed by atoms with E-state index in [-0.39, 0.29) is 29.6 Å². The molecule has 3 heterocycles. The molecule has 2 aliphatic rings. The molecule has 4 rings (SSSR count). The van der Waals surface area contributed by atoms with Gasteiger partial charge in [-0.2, -0.15) is 0 Å². The number of hydrogen-bond acceptors (Lipinski definition) is 4. The highest BCUT2D eigenvalue weighted by Crippen LogP contribution is 2.31. The van der Waals surface area contributed by atoms with Gasteiger partial charge in [0.1, 0.15) is 6.04 Å². The molecule has 1 aromatic carbocycles. The number of urea groups is 1. The molecule has 4 amide bonds. The minimum absolute atomic E-state index is 0.185. The van der Waals surface area contributed by atoms with E-state index in [1.165, 1.54) is 11.2 Å². The summed E-state index contributed by atoms with van der Waals surface area (Å²) in [6.07, 6.45) is 2.42. The number of halogens is 1. The lowest BCUT2D eigenvalue weighted by Gasteiger charge is -2.32. The Hall–Kier alpha value is -2.61. The Labute approximate surface area is 158 Å². The van der Waals surface area contributed by atoms with Crippen LogP contribution in [-0.4, -0.2) is 41.4 Å². The van der Waals surface area contributed by atoms with Crippen LogP contribution in [-0.2, 0) is 4.79 Å². The fraction of sp³-hybridized carbons (Fsp3) is 0.278. The zero-order chi connectivity index (χ0) is 18.3. The maximum Gasteiger partial charge on any atom is 0.332 e. The van der Waals surface area contributed by atoms with Crippen molar-refractivity contribution in [2.45, 2.75) is 24.9 Å². The van der Waals surface area contributed by atoms with Gasteiger partial charge in [0.2, 0.25) is 0 Å². The van der Waals surface area contributed by atoms with Crippen LogP contribution in [0.2, 0.25) is 0 Å². The Balaban J connectivity index is 1.49. The molecule has 2 saturated heterocycles. The van der Waals surface area contributed by atoms with Crippen LogP contribution in [0.1, 0.15) is 23.4 Å². The van der Waals surface area contributed by atoms with Gasteiger partial charge in [-0.25, -0.2) is 9.69 Å². The normalized spacial score (nSPS) is 22.5. The van der Waals surface area contributed by atoms with Gasteiger partial charge in [0.25, 0.3) is 11.8 Å². The van der Waals surface area contributed by atoms with Crippen molar-refractivity contribution >= 4 is 39.5 Å². The molecule has 0 saturated carbocycles. The van der Waals surface area contributed by atoms with Crippen molar-refractivity contribution in [1.82, 2.24) is 10.2 Å². The highest BCUT2D eigenvalue weighted by atomic mass is 79.9. The first-order valence-electron chi connectivity index (χ1n) is 8.29. The summed E-state index contributed by atoms with van der Waals surface area (Å²) in [5.74, 6) is -0.331. The molecule has 2 aliphatic heterocycles. The first-order chi connectivity index (χ1) is 12.5. The summed E-state index contributed by atoms with van der Waals surface area (Å²) < 4.78 is 5.96. The van der Waals surface area contributed by atoms with E-state index in [2.05, 4.69) is 21.2 Å². The number of furan rings is 1. The zero-order valence-electron chi connectivity index (χ0n) is 13.7. The Kier molecular flexibility index (Phi) is 4.28. The number of carbonyl (C=O) groups is 3. The molecule has 26 heavy (non-hydrogen) atoms. The van der Waals surface area contributed by atoms with Crippen molar-refractivity contribution < 1.29 is 18.8 Å². The maximum absolute atomic E-state index is 12.8. The van der Waals surface area contributed by atoms with E-state index in [4.69, 9.17) is 4.42 Å². The molecule has 8 heteroatoms. The van der Waals surface area contributed by atoms with Gasteiger partial charge in [0.05, 0.1) is 12.0 Å². The number of hydrogen-bond donors (Lipinski definition) is 1. The monoisotopic (exact) mass is 417 g/mol. The van der Waals surface area contributed by atoms with Crippen LogP contribution >= 0.6 is 15.9 Å². The predicted molar refractivity (Wildman–Crippen MR) is 96.7 cm³/mol. The molecule has 1 N–H and O–H groups in total. The minimum atomic E-state index is -0.554. The summed E-state index contributed by atoms with van der Waals surface area (Å²) >= 11 is 3.35. The van der Waals surface area contributed by atoms with Gasteiger partial charge in [-0.15, -0.1) is 0 Å². The number of amides is 4. The van der Waals surface area contributed by atoms with Crippen molar-refractivity contribution in [1.29, 1.82) is 0 Å². The third kappa shape index (κ3) is 2.90. The Morgan fingerprint density at radius 1 is 1.19 bits per heavy atom. The van der Waals surface area contributed by atoms with Crippen molar-refractivity contribution in [3.05, 3.63) is 52.9 Å². The van der Waals surface area contributed by atoms with Crippen LogP contribution in [0, 0.1) is 0 Å². The summed E-state index contributed by atoms with van der Waals surface area (Å²) in [5, 5.41) is 2.88. The zero-order valence-corrected chi connectivity index (χ0v) is 15.3. The van der Waals surface area contributed by atoms with Gasteiger partial charge >= 0.3 is 6.03 Å². The van der Waals surface area contributed by atoms with Crippen LogP contribution in [0.25, 0.3) is 0 Å². The highest BCUT2D eigenvalue weighted by molar-refractivity contribution is 9.10. The van der Waals surface area contributed by atoms with Gasteiger partial charge in [-0.1, -0.05) is 15.9 Å². The summed E-state index contributed by atoms with van der Waals surface area (Å²) in [4.78, 5) is 40.4. The molecule has 0 bridgehead atoms. The summed E-state index contributed by atoms with van der Waals surface area (Å²) in [6, 6.07) is 9.23. The van der Waals surface area contributed by atoms with Gasteiger partial charge in [-0.3, -0.25) is 9.59 Å². The van der Waals surface area contributed by atoms with Crippen molar-refractivity contribution in [2.24, 2.45) is 0 Å². The fourth-order valence-corrected chi connectivity index (χ4v) is 3.69. The smallest absolute Gasteiger partial charge is 0.332 e. The molecule has 0 spiro atoms. The average Bonchev–Trinajstić information content (AvgIpc) is 3.25. The second kappa shape index (κ2) is 6.60. The van der Waals surface area contributed by atoms with E-state index in [0.29, 0.717) is 25.1 Å². The van der Waals surface area contributed by atoms with Crippen LogP contribution in [0.15, 0.2) is 51.6 Å². The molecule has 2 aromatic rings. The van der Waals surface area contributed by atoms with Crippen LogP contribution in [0.3, 0.4) is 0 Å². The Morgan fingerprint density at radius 2 is 1.96 bits per heavy atom. The van der Waals surface area contributed by atoms with Crippen molar-refractivity contribution in [3.63, 3.8) is 0 Å². The first-order valence-corrected chi connectivity index (χ1v) is 9.08. The first kappa shape index (κ1) is 16.8. The molecule has 2 atom stereocenters. The molecule has 0 unspecified atom stereocenters. The summed E-state index contributed by atoms with van der Waals surface area (Å²) in [7, 11) is 0. The number of anilines is 1. The van der Waals surface area contributed by atoms with Gasteiger partial charge < -0.3 is 14.6 Å². The largest absolute Gasteiger partial charge is 0.459 e. The molecule has 7 nitrogen and oxygen atoms in total.